The van der Waals surface area contributed by atoms with E-state index in [0.717, 1.165) is 17.5 Å². The Bertz CT molecular complexity index is 800. The summed E-state index contributed by atoms with van der Waals surface area (Å²) in [5.41, 5.74) is 2.40. The van der Waals surface area contributed by atoms with Gasteiger partial charge in [-0.2, -0.15) is 0 Å². The first-order valence-corrected chi connectivity index (χ1v) is 10.5. The van der Waals surface area contributed by atoms with E-state index >= 15 is 0 Å². The van der Waals surface area contributed by atoms with E-state index in [1.54, 1.807) is 14.2 Å². The van der Waals surface area contributed by atoms with E-state index in [2.05, 4.69) is 17.7 Å². The lowest BCUT2D eigenvalue weighted by Gasteiger charge is -2.50. The molecule has 26 heavy (non-hydrogen) atoms. The fourth-order valence-electron chi connectivity index (χ4n) is 4.08. The van der Waals surface area contributed by atoms with Gasteiger partial charge in [-0.1, -0.05) is 25.1 Å². The number of fused-ring (bicyclic) bond motifs is 3. The molecule has 2 aliphatic rings. The van der Waals surface area contributed by atoms with Gasteiger partial charge in [0.15, 0.2) is 11.5 Å². The lowest BCUT2D eigenvalue weighted by atomic mass is 9.87. The highest BCUT2D eigenvalue weighted by Gasteiger charge is 2.52. The van der Waals surface area contributed by atoms with E-state index in [4.69, 9.17) is 14.0 Å². The van der Waals surface area contributed by atoms with Gasteiger partial charge in [0.1, 0.15) is 5.30 Å². The smallest absolute Gasteiger partial charge is 0.208 e. The first kappa shape index (κ1) is 17.7. The summed E-state index contributed by atoms with van der Waals surface area (Å²) in [6.45, 7) is 3.32. The lowest BCUT2D eigenvalue weighted by molar-refractivity contribution is -0.213. The molecule has 0 radical (unpaired) electrons. The van der Waals surface area contributed by atoms with Crippen LogP contribution >= 0.6 is 7.87 Å². The van der Waals surface area contributed by atoms with Crippen molar-refractivity contribution in [1.82, 2.24) is 4.67 Å². The second kappa shape index (κ2) is 6.82. The third-order valence-corrected chi connectivity index (χ3v) is 7.94. The van der Waals surface area contributed by atoms with Crippen LogP contribution in [0.3, 0.4) is 0 Å². The van der Waals surface area contributed by atoms with Crippen molar-refractivity contribution >= 4 is 13.2 Å². The molecule has 0 N–H and O–H groups in total. The zero-order chi connectivity index (χ0) is 18.3. The van der Waals surface area contributed by atoms with Gasteiger partial charge in [0.25, 0.3) is 0 Å². The molecule has 2 aliphatic heterocycles. The van der Waals surface area contributed by atoms with E-state index in [0.29, 0.717) is 18.9 Å². The van der Waals surface area contributed by atoms with Crippen LogP contribution in [-0.4, -0.2) is 32.0 Å². The number of ether oxygens (including phenoxy) is 2. The largest absolute Gasteiger partial charge is 0.637 e. The number of hydrogen-bond acceptors (Lipinski definition) is 5. The highest BCUT2D eigenvalue weighted by Crippen LogP contribution is 2.63. The molecule has 0 aliphatic carbocycles. The summed E-state index contributed by atoms with van der Waals surface area (Å²) in [7, 11) is 0.227. The van der Waals surface area contributed by atoms with Crippen molar-refractivity contribution in [2.75, 3.05) is 27.4 Å². The van der Waals surface area contributed by atoms with Crippen LogP contribution in [0.4, 0.5) is 0 Å². The number of hydrogen-bond donors (Lipinski definition) is 0. The molecule has 0 saturated carbocycles. The van der Waals surface area contributed by atoms with Gasteiger partial charge in [0.2, 0.25) is 7.87 Å². The molecule has 1 unspecified atom stereocenters. The highest BCUT2D eigenvalue weighted by molar-refractivity contribution is 7.69. The van der Waals surface area contributed by atoms with Gasteiger partial charge in [-0.25, -0.2) is 4.52 Å². The Hall–Kier alpha value is -1.65. The molecule has 2 heterocycles. The average molecular weight is 373 g/mol. The summed E-state index contributed by atoms with van der Waals surface area (Å²) < 4.78 is 19.0. The molecule has 0 bridgehead atoms. The van der Waals surface area contributed by atoms with Crippen LogP contribution in [0.25, 0.3) is 0 Å². The van der Waals surface area contributed by atoms with Crippen LogP contribution < -0.4 is 19.7 Å². The maximum atomic E-state index is 13.9. The Morgan fingerprint density at radius 1 is 1.12 bits per heavy atom. The van der Waals surface area contributed by atoms with Gasteiger partial charge in [0, 0.05) is 12.5 Å². The Morgan fingerprint density at radius 3 is 2.50 bits per heavy atom. The molecule has 2 aromatic rings. The Balaban J connectivity index is 1.81. The second-order valence-electron chi connectivity index (χ2n) is 6.89. The predicted octanol–water partition coefficient (Wildman–Crippen LogP) is 2.72. The minimum atomic E-state index is -3.07. The number of methoxy groups -OCH3 is 2. The van der Waals surface area contributed by atoms with E-state index in [1.807, 2.05) is 36.4 Å². The van der Waals surface area contributed by atoms with Crippen molar-refractivity contribution in [3.05, 3.63) is 53.6 Å². The summed E-state index contributed by atoms with van der Waals surface area (Å²) in [6.07, 6.45) is 0.805. The van der Waals surface area contributed by atoms with Gasteiger partial charge in [-0.15, -0.1) is 4.67 Å². The average Bonchev–Trinajstić information content (AvgIpc) is 2.69. The summed E-state index contributed by atoms with van der Waals surface area (Å²) in [4.78, 5) is 13.9. The fourth-order valence-corrected chi connectivity index (χ4v) is 6.71. The van der Waals surface area contributed by atoms with E-state index in [1.165, 1.54) is 11.1 Å². The summed E-state index contributed by atoms with van der Waals surface area (Å²) in [5.74, 6) is 1.69. The highest BCUT2D eigenvalue weighted by atomic mass is 31.2. The topological polar surface area (TPSA) is 54.0 Å². The minimum Gasteiger partial charge on any atom is -0.637 e. The SMILES string of the molecule is COc1cc2c(cc1OC)[C@@H]1[C@H](C)CO[P+]([O-])(c3ccccc3)N1CC2. The van der Waals surface area contributed by atoms with E-state index in [-0.39, 0.29) is 12.0 Å². The maximum absolute atomic E-state index is 13.9. The molecule has 0 aromatic heterocycles. The van der Waals surface area contributed by atoms with Crippen molar-refractivity contribution in [3.63, 3.8) is 0 Å². The van der Waals surface area contributed by atoms with Crippen molar-refractivity contribution in [3.8, 4) is 11.5 Å². The van der Waals surface area contributed by atoms with Crippen LogP contribution in [0.2, 0.25) is 0 Å². The Kier molecular flexibility index (Phi) is 4.66. The molecule has 5 nitrogen and oxygen atoms in total. The molecular weight excluding hydrogens is 349 g/mol. The maximum Gasteiger partial charge on any atom is 0.208 e. The van der Waals surface area contributed by atoms with Crippen molar-refractivity contribution in [2.24, 2.45) is 5.92 Å². The monoisotopic (exact) mass is 373 g/mol. The van der Waals surface area contributed by atoms with Gasteiger partial charge < -0.3 is 14.4 Å². The molecule has 0 spiro atoms. The second-order valence-corrected chi connectivity index (χ2v) is 9.22. The van der Waals surface area contributed by atoms with Gasteiger partial charge in [0.05, 0.1) is 26.9 Å². The van der Waals surface area contributed by atoms with Crippen LogP contribution in [0, 0.1) is 5.92 Å². The Labute approximate surface area is 155 Å². The van der Waals surface area contributed by atoms with Crippen LogP contribution in [0.1, 0.15) is 24.1 Å². The van der Waals surface area contributed by atoms with E-state index in [9.17, 15) is 4.89 Å². The van der Waals surface area contributed by atoms with Crippen LogP contribution in [-0.2, 0) is 10.9 Å². The van der Waals surface area contributed by atoms with Crippen molar-refractivity contribution in [2.45, 2.75) is 19.4 Å². The summed E-state index contributed by atoms with van der Waals surface area (Å²) in [6, 6.07) is 13.7. The minimum absolute atomic E-state index is 0.0401. The quantitative estimate of drug-likeness (QED) is 0.775. The van der Waals surface area contributed by atoms with Crippen molar-refractivity contribution < 1.29 is 18.9 Å². The lowest BCUT2D eigenvalue weighted by Crippen LogP contribution is -2.50. The number of benzene rings is 2. The molecule has 2 aromatic carbocycles. The molecule has 6 heteroatoms. The zero-order valence-electron chi connectivity index (χ0n) is 15.3. The third-order valence-electron chi connectivity index (χ3n) is 5.37. The zero-order valence-corrected chi connectivity index (χ0v) is 16.2. The molecule has 1 fully saturated rings. The molecule has 1 saturated heterocycles. The molecule has 0 amide bonds. The fraction of sp³-hybridized carbons (Fsp3) is 0.400. The first-order chi connectivity index (χ1) is 12.6. The van der Waals surface area contributed by atoms with Crippen LogP contribution in [0.15, 0.2) is 42.5 Å². The Morgan fingerprint density at radius 2 is 1.81 bits per heavy atom. The molecule has 138 valence electrons. The molecule has 3 atom stereocenters. The predicted molar refractivity (Wildman–Crippen MR) is 101 cm³/mol. The normalized spacial score (nSPS) is 28.2. The summed E-state index contributed by atoms with van der Waals surface area (Å²) in [5, 5.41) is 0.765. The number of rotatable bonds is 3. The first-order valence-electron chi connectivity index (χ1n) is 8.90. The van der Waals surface area contributed by atoms with Gasteiger partial charge in [-0.3, -0.25) is 0 Å². The van der Waals surface area contributed by atoms with Gasteiger partial charge in [-0.05, 0) is 41.8 Å². The molecule has 4 rings (SSSR count). The summed E-state index contributed by atoms with van der Waals surface area (Å²) >= 11 is 0. The van der Waals surface area contributed by atoms with Crippen molar-refractivity contribution in [1.29, 1.82) is 0 Å². The third kappa shape index (κ3) is 2.71. The molecular formula is C20H24NO4P. The van der Waals surface area contributed by atoms with Gasteiger partial charge >= 0.3 is 0 Å². The standard InChI is InChI=1S/C20H24NO4P/c1-14-13-25-26(22,16-7-5-4-6-8-16)21-10-9-15-11-18(23-2)19(24-3)12-17(15)20(14)21/h4-8,11-12,14,20H,9-10,13H2,1-3H3/t14-,20+,26?/m1/s1. The van der Waals surface area contributed by atoms with E-state index < -0.39 is 7.87 Å². The number of nitrogens with zero attached hydrogens (tertiary/aromatic N) is 1. The van der Waals surface area contributed by atoms with Crippen LogP contribution in [0.5, 0.6) is 11.5 Å².